The lowest BCUT2D eigenvalue weighted by atomic mass is 10.0. The quantitative estimate of drug-likeness (QED) is 0.170. The fourth-order valence-electron chi connectivity index (χ4n) is 7.88. The second-order valence-electron chi connectivity index (χ2n) is 13.1. The topological polar surface area (TPSA) is 84.7 Å². The molecule has 4 N–H and O–H groups in total. The summed E-state index contributed by atoms with van der Waals surface area (Å²) in [6, 6.07) is 19.8. The number of aromatic nitrogens is 4. The van der Waals surface area contributed by atoms with E-state index in [0.717, 1.165) is 78.1 Å². The largest absolute Gasteiger partial charge is 0.355 e. The normalized spacial score (nSPS) is 25.9. The number of rotatable bonds is 6. The minimum Gasteiger partial charge on any atom is -0.355 e. The van der Waals surface area contributed by atoms with E-state index in [1.54, 1.807) is 6.07 Å². The molecule has 0 bridgehead atoms. The summed E-state index contributed by atoms with van der Waals surface area (Å²) in [7, 11) is 0. The number of nitrogens with zero attached hydrogens (tertiary/aromatic N) is 3. The van der Waals surface area contributed by atoms with Crippen molar-refractivity contribution in [2.75, 3.05) is 18.0 Å². The molecule has 8 heteroatoms. The van der Waals surface area contributed by atoms with Gasteiger partial charge in [-0.2, -0.15) is 0 Å². The lowest BCUT2D eigenvalue weighted by Crippen LogP contribution is -2.27. The van der Waals surface area contributed by atoms with Crippen molar-refractivity contribution in [1.82, 2.24) is 30.6 Å². The van der Waals surface area contributed by atoms with Gasteiger partial charge in [-0.05, 0) is 123 Å². The first kappa shape index (κ1) is 25.7. The van der Waals surface area contributed by atoms with E-state index >= 15 is 4.39 Å². The molecule has 7 nitrogen and oxygen atoms in total. The van der Waals surface area contributed by atoms with E-state index < -0.39 is 0 Å². The van der Waals surface area contributed by atoms with Gasteiger partial charge in [0.15, 0.2) is 0 Å². The first-order chi connectivity index (χ1) is 21.2. The third-order valence-electron chi connectivity index (χ3n) is 10.3. The second kappa shape index (κ2) is 10.2. The Labute approximate surface area is 250 Å². The van der Waals surface area contributed by atoms with Crippen molar-refractivity contribution in [3.05, 3.63) is 88.8 Å². The van der Waals surface area contributed by atoms with Gasteiger partial charge in [-0.25, -0.2) is 14.4 Å². The maximum absolute atomic E-state index is 16.0. The zero-order valence-corrected chi connectivity index (χ0v) is 24.4. The van der Waals surface area contributed by atoms with Gasteiger partial charge in [-0.15, -0.1) is 0 Å². The van der Waals surface area contributed by atoms with E-state index in [4.69, 9.17) is 9.97 Å². The molecule has 0 unspecified atom stereocenters. The fraction of sp³-hybridized carbons (Fsp3) is 0.429. The van der Waals surface area contributed by atoms with Gasteiger partial charge in [0.05, 0.1) is 51.9 Å². The average Bonchev–Trinajstić information content (AvgIpc) is 3.61. The molecule has 4 atom stereocenters. The first-order valence-corrected chi connectivity index (χ1v) is 16.2. The summed E-state index contributed by atoms with van der Waals surface area (Å²) in [5.41, 5.74) is 8.32. The monoisotopic (exact) mass is 575 g/mol. The molecule has 3 aromatic carbocycles. The molecule has 4 fully saturated rings. The summed E-state index contributed by atoms with van der Waals surface area (Å²) < 4.78 is 16.0. The highest BCUT2D eigenvalue weighted by Crippen LogP contribution is 2.49. The molecule has 220 valence electrons. The molecule has 9 rings (SSSR count). The third kappa shape index (κ3) is 4.54. The second-order valence-corrected chi connectivity index (χ2v) is 13.1. The molecule has 2 aromatic heterocycles. The van der Waals surface area contributed by atoms with Crippen molar-refractivity contribution in [3.63, 3.8) is 0 Å². The molecule has 5 heterocycles. The Morgan fingerprint density at radius 1 is 0.628 bits per heavy atom. The van der Waals surface area contributed by atoms with Crippen LogP contribution in [0.4, 0.5) is 10.1 Å². The summed E-state index contributed by atoms with van der Waals surface area (Å²) in [4.78, 5) is 19.4. The van der Waals surface area contributed by atoms with Gasteiger partial charge in [-0.1, -0.05) is 18.2 Å². The van der Waals surface area contributed by atoms with Gasteiger partial charge >= 0.3 is 0 Å². The van der Waals surface area contributed by atoms with Crippen LogP contribution in [0.2, 0.25) is 0 Å². The molecule has 5 aromatic rings. The van der Waals surface area contributed by atoms with E-state index in [1.165, 1.54) is 36.8 Å². The maximum Gasteiger partial charge on any atom is 0.146 e. The smallest absolute Gasteiger partial charge is 0.146 e. The summed E-state index contributed by atoms with van der Waals surface area (Å²) >= 11 is 0. The van der Waals surface area contributed by atoms with Crippen molar-refractivity contribution < 1.29 is 4.39 Å². The van der Waals surface area contributed by atoms with E-state index in [2.05, 4.69) is 68.0 Å². The van der Waals surface area contributed by atoms with Crippen LogP contribution in [0.1, 0.15) is 110 Å². The molecule has 43 heavy (non-hydrogen) atoms. The van der Waals surface area contributed by atoms with E-state index in [9.17, 15) is 0 Å². The lowest BCUT2D eigenvalue weighted by Gasteiger charge is -2.33. The Kier molecular flexibility index (Phi) is 6.08. The number of hydrogen-bond donors (Lipinski definition) is 4. The van der Waals surface area contributed by atoms with Crippen LogP contribution in [-0.2, 0) is 0 Å². The number of nitrogens with one attached hydrogen (secondary N) is 4. The van der Waals surface area contributed by atoms with Crippen LogP contribution in [0.15, 0.2) is 54.6 Å². The Morgan fingerprint density at radius 2 is 1.19 bits per heavy atom. The van der Waals surface area contributed by atoms with Crippen LogP contribution in [0.3, 0.4) is 0 Å². The first-order valence-electron chi connectivity index (χ1n) is 16.2. The highest BCUT2D eigenvalue weighted by atomic mass is 19.1. The predicted molar refractivity (Wildman–Crippen MR) is 168 cm³/mol. The third-order valence-corrected chi connectivity index (χ3v) is 10.3. The molecule has 0 amide bonds. The predicted octanol–water partition coefficient (Wildman–Crippen LogP) is 7.39. The van der Waals surface area contributed by atoms with Crippen LogP contribution in [0.25, 0.3) is 22.1 Å². The van der Waals surface area contributed by atoms with Crippen molar-refractivity contribution in [2.24, 2.45) is 0 Å². The highest BCUT2D eigenvalue weighted by Gasteiger charge is 2.38. The SMILES string of the molecule is Fc1cc(C2CC2)ccc1N1[C@H](c2ccc3nc([C@@H]4CCCN4)[nH]c3c2)CC[C@H]1c1ccc2nc([C@@H]3CCCN3)[nH]c2c1. The van der Waals surface area contributed by atoms with Crippen molar-refractivity contribution in [3.8, 4) is 0 Å². The van der Waals surface area contributed by atoms with Gasteiger partial charge < -0.3 is 25.5 Å². The lowest BCUT2D eigenvalue weighted by molar-refractivity contribution is 0.593. The molecule has 4 aliphatic rings. The van der Waals surface area contributed by atoms with Crippen molar-refractivity contribution in [1.29, 1.82) is 0 Å². The van der Waals surface area contributed by atoms with Crippen LogP contribution in [0.5, 0.6) is 0 Å². The minimum absolute atomic E-state index is 0.0581. The van der Waals surface area contributed by atoms with Crippen LogP contribution < -0.4 is 15.5 Å². The van der Waals surface area contributed by atoms with Gasteiger partial charge in [-0.3, -0.25) is 0 Å². The number of H-pyrrole nitrogens is 2. The number of imidazole rings is 2. The molecule has 0 spiro atoms. The standard InChI is InChI=1S/C35H38FN7/c36-24-17-21(20-5-6-20)9-12-33(24)43-31(22-7-10-25-29(18-22)41-34(39-25)27-3-1-15-37-27)13-14-32(43)23-8-11-26-30(19-23)42-35(40-26)28-4-2-16-38-28/h7-12,17-20,27-28,31-32,37-38H,1-6,13-16H2,(H,39,41)(H,40,42)/t27-,28-,31-,32-/m0/s1. The summed E-state index contributed by atoms with van der Waals surface area (Å²) in [5.74, 6) is 2.45. The zero-order valence-electron chi connectivity index (χ0n) is 24.4. The zero-order chi connectivity index (χ0) is 28.5. The van der Waals surface area contributed by atoms with Gasteiger partial charge in [0, 0.05) is 0 Å². The number of hydrogen-bond acceptors (Lipinski definition) is 5. The number of benzene rings is 3. The summed E-state index contributed by atoms with van der Waals surface area (Å²) in [5, 5.41) is 7.11. The Morgan fingerprint density at radius 3 is 1.67 bits per heavy atom. The Hall–Kier alpha value is -3.75. The van der Waals surface area contributed by atoms with Gasteiger partial charge in [0.1, 0.15) is 17.5 Å². The van der Waals surface area contributed by atoms with Crippen LogP contribution in [0, 0.1) is 5.82 Å². The van der Waals surface area contributed by atoms with Crippen LogP contribution >= 0.6 is 0 Å². The minimum atomic E-state index is -0.115. The molecule has 3 saturated heterocycles. The molecule has 0 radical (unpaired) electrons. The number of anilines is 1. The van der Waals surface area contributed by atoms with E-state index in [1.807, 2.05) is 6.07 Å². The van der Waals surface area contributed by atoms with Gasteiger partial charge in [0.2, 0.25) is 0 Å². The molecular formula is C35H38FN7. The van der Waals surface area contributed by atoms with Crippen LogP contribution in [-0.4, -0.2) is 33.0 Å². The van der Waals surface area contributed by atoms with Gasteiger partial charge in [0.25, 0.3) is 0 Å². The highest BCUT2D eigenvalue weighted by molar-refractivity contribution is 5.78. The summed E-state index contributed by atoms with van der Waals surface area (Å²) in [6.07, 6.45) is 8.81. The molecule has 1 aliphatic carbocycles. The Balaban J connectivity index is 1.10. The molecular weight excluding hydrogens is 537 g/mol. The average molecular weight is 576 g/mol. The number of aromatic amines is 2. The maximum atomic E-state index is 16.0. The number of fused-ring (bicyclic) bond motifs is 2. The summed E-state index contributed by atoms with van der Waals surface area (Å²) in [6.45, 7) is 2.08. The van der Waals surface area contributed by atoms with E-state index in [-0.39, 0.29) is 17.9 Å². The van der Waals surface area contributed by atoms with E-state index in [0.29, 0.717) is 23.7 Å². The molecule has 1 saturated carbocycles. The molecule has 3 aliphatic heterocycles. The number of halogens is 1. The fourth-order valence-corrected chi connectivity index (χ4v) is 7.88. The van der Waals surface area contributed by atoms with Crippen molar-refractivity contribution >= 4 is 27.8 Å². The van der Waals surface area contributed by atoms with Crippen molar-refractivity contribution in [2.45, 2.75) is 81.5 Å². The Bertz CT molecular complexity index is 1710.